The van der Waals surface area contributed by atoms with Gasteiger partial charge in [0.1, 0.15) is 17.3 Å². The lowest BCUT2D eigenvalue weighted by Crippen LogP contribution is -2.49. The van der Waals surface area contributed by atoms with Gasteiger partial charge in [-0.05, 0) is 42.5 Å². The lowest BCUT2D eigenvalue weighted by Gasteiger charge is -2.35. The Morgan fingerprint density at radius 3 is 2.47 bits per heavy atom. The molecule has 0 bridgehead atoms. The summed E-state index contributed by atoms with van der Waals surface area (Å²) in [6, 6.07) is 13.4. The summed E-state index contributed by atoms with van der Waals surface area (Å²) in [6.45, 7) is 2.03. The first-order chi connectivity index (χ1) is 14.5. The zero-order valence-corrected chi connectivity index (χ0v) is 15.9. The lowest BCUT2D eigenvalue weighted by atomic mass is 10.2. The van der Waals surface area contributed by atoms with Crippen molar-refractivity contribution in [2.45, 2.75) is 0 Å². The van der Waals surface area contributed by atoms with Gasteiger partial charge in [0, 0.05) is 38.4 Å². The van der Waals surface area contributed by atoms with E-state index < -0.39 is 11.4 Å². The minimum absolute atomic E-state index is 0.136. The van der Waals surface area contributed by atoms with Crippen LogP contribution in [0.25, 0.3) is 5.69 Å². The van der Waals surface area contributed by atoms with Gasteiger partial charge in [-0.25, -0.2) is 9.37 Å². The second kappa shape index (κ2) is 8.13. The highest BCUT2D eigenvalue weighted by Gasteiger charge is 2.24. The van der Waals surface area contributed by atoms with Gasteiger partial charge in [-0.15, -0.1) is 0 Å². The Morgan fingerprint density at radius 1 is 1.03 bits per heavy atom. The zero-order chi connectivity index (χ0) is 21.1. The molecule has 0 unspecified atom stereocenters. The first kappa shape index (κ1) is 19.3. The number of amides is 1. The molecule has 1 aromatic carbocycles. The highest BCUT2D eigenvalue weighted by Crippen LogP contribution is 2.16. The van der Waals surface area contributed by atoms with Gasteiger partial charge >= 0.3 is 0 Å². The molecule has 0 saturated carbocycles. The average Bonchev–Trinajstić information content (AvgIpc) is 2.80. The number of nitrogens with zero attached hydrogens (tertiary/aromatic N) is 6. The number of carbonyl (C=O) groups excluding carboxylic acids is 1. The summed E-state index contributed by atoms with van der Waals surface area (Å²) in [5.74, 6) is -0.0138. The van der Waals surface area contributed by atoms with Crippen LogP contribution in [0.1, 0.15) is 16.1 Å². The van der Waals surface area contributed by atoms with Crippen molar-refractivity contribution in [2.75, 3.05) is 31.1 Å². The highest BCUT2D eigenvalue weighted by atomic mass is 19.1. The summed E-state index contributed by atoms with van der Waals surface area (Å²) in [7, 11) is 0. The number of nitriles is 1. The van der Waals surface area contributed by atoms with Gasteiger partial charge < -0.3 is 9.80 Å². The molecule has 1 aliphatic heterocycles. The van der Waals surface area contributed by atoms with Crippen molar-refractivity contribution < 1.29 is 9.18 Å². The Bertz CT molecular complexity index is 1180. The van der Waals surface area contributed by atoms with Crippen molar-refractivity contribution >= 4 is 11.7 Å². The van der Waals surface area contributed by atoms with Gasteiger partial charge in [-0.3, -0.25) is 9.59 Å². The molecule has 1 amide bonds. The third-order valence-corrected chi connectivity index (χ3v) is 4.86. The molecule has 8 nitrogen and oxygen atoms in total. The van der Waals surface area contributed by atoms with Crippen LogP contribution in [0.2, 0.25) is 0 Å². The standard InChI is InChI=1S/C21H17FN6O2/c22-16-1-3-17(4-2-16)28-20(29)6-5-18(25-28)21(30)27-11-9-26(10-12-27)19-13-15(14-23)7-8-24-19/h1-8,13H,9-12H2. The summed E-state index contributed by atoms with van der Waals surface area (Å²) < 4.78 is 14.2. The molecule has 3 aromatic rings. The third kappa shape index (κ3) is 3.89. The molecule has 3 heterocycles. The molecule has 30 heavy (non-hydrogen) atoms. The van der Waals surface area contributed by atoms with E-state index in [0.717, 1.165) is 4.68 Å². The van der Waals surface area contributed by atoms with E-state index in [9.17, 15) is 14.0 Å². The smallest absolute Gasteiger partial charge is 0.274 e. The lowest BCUT2D eigenvalue weighted by molar-refractivity contribution is 0.0738. The number of pyridine rings is 1. The minimum atomic E-state index is -0.424. The molecule has 9 heteroatoms. The van der Waals surface area contributed by atoms with E-state index >= 15 is 0 Å². The number of carbonyl (C=O) groups is 1. The van der Waals surface area contributed by atoms with Crippen LogP contribution in [0.4, 0.5) is 10.2 Å². The fraction of sp³-hybridized carbons (Fsp3) is 0.190. The van der Waals surface area contributed by atoms with Crippen LogP contribution < -0.4 is 10.5 Å². The Hall–Kier alpha value is -4.06. The van der Waals surface area contributed by atoms with E-state index in [-0.39, 0.29) is 11.6 Å². The van der Waals surface area contributed by atoms with E-state index in [1.807, 2.05) is 4.90 Å². The normalized spacial score (nSPS) is 13.7. The second-order valence-corrected chi connectivity index (χ2v) is 6.74. The number of hydrogen-bond donors (Lipinski definition) is 0. The van der Waals surface area contributed by atoms with Crippen molar-refractivity contribution in [3.63, 3.8) is 0 Å². The molecule has 1 saturated heterocycles. The van der Waals surface area contributed by atoms with Crippen LogP contribution in [0, 0.1) is 17.1 Å². The maximum Gasteiger partial charge on any atom is 0.274 e. The SMILES string of the molecule is N#Cc1ccnc(N2CCN(C(=O)c3ccc(=O)n(-c4ccc(F)cc4)n3)CC2)c1. The number of hydrogen-bond acceptors (Lipinski definition) is 6. The van der Waals surface area contributed by atoms with E-state index in [4.69, 9.17) is 5.26 Å². The molecule has 0 radical (unpaired) electrons. The zero-order valence-electron chi connectivity index (χ0n) is 15.9. The fourth-order valence-electron chi connectivity index (χ4n) is 3.25. The molecule has 150 valence electrons. The van der Waals surface area contributed by atoms with Gasteiger partial charge in [-0.2, -0.15) is 15.0 Å². The number of rotatable bonds is 3. The van der Waals surface area contributed by atoms with Gasteiger partial charge in [0.05, 0.1) is 17.3 Å². The topological polar surface area (TPSA) is 95.1 Å². The number of benzene rings is 1. The number of halogens is 1. The molecule has 4 rings (SSSR count). The summed E-state index contributed by atoms with van der Waals surface area (Å²) in [4.78, 5) is 33.0. The van der Waals surface area contributed by atoms with Crippen molar-refractivity contribution in [1.29, 1.82) is 5.26 Å². The quantitative estimate of drug-likeness (QED) is 0.658. The van der Waals surface area contributed by atoms with Crippen LogP contribution in [-0.2, 0) is 0 Å². The first-order valence-electron chi connectivity index (χ1n) is 9.32. The Kier molecular flexibility index (Phi) is 5.22. The minimum Gasteiger partial charge on any atom is -0.353 e. The number of anilines is 1. The van der Waals surface area contributed by atoms with Crippen molar-refractivity contribution in [1.82, 2.24) is 19.7 Å². The van der Waals surface area contributed by atoms with Crippen LogP contribution in [0.3, 0.4) is 0 Å². The monoisotopic (exact) mass is 404 g/mol. The molecule has 0 aliphatic carbocycles. The first-order valence-corrected chi connectivity index (χ1v) is 9.32. The van der Waals surface area contributed by atoms with E-state index in [1.54, 1.807) is 23.2 Å². The Labute approximate surface area is 171 Å². The van der Waals surface area contributed by atoms with Gasteiger partial charge in [0.15, 0.2) is 0 Å². The van der Waals surface area contributed by atoms with Gasteiger partial charge in [0.2, 0.25) is 0 Å². The van der Waals surface area contributed by atoms with E-state index in [0.29, 0.717) is 43.2 Å². The summed E-state index contributed by atoms with van der Waals surface area (Å²) in [5.41, 5.74) is 0.637. The Balaban J connectivity index is 1.49. The molecule has 1 fully saturated rings. The molecule has 0 atom stereocenters. The molecule has 1 aliphatic rings. The van der Waals surface area contributed by atoms with Gasteiger partial charge in [0.25, 0.3) is 11.5 Å². The van der Waals surface area contributed by atoms with Crippen molar-refractivity contribution in [3.8, 4) is 11.8 Å². The maximum atomic E-state index is 13.2. The largest absolute Gasteiger partial charge is 0.353 e. The fourth-order valence-corrected chi connectivity index (χ4v) is 3.25. The molecular formula is C21H17FN6O2. The summed E-state index contributed by atoms with van der Waals surface area (Å²) in [6.07, 6.45) is 1.59. The number of piperazine rings is 1. The van der Waals surface area contributed by atoms with Gasteiger partial charge in [-0.1, -0.05) is 0 Å². The highest BCUT2D eigenvalue weighted by molar-refractivity contribution is 5.92. The van der Waals surface area contributed by atoms with Crippen molar-refractivity contribution in [2.24, 2.45) is 0 Å². The maximum absolute atomic E-state index is 13.2. The summed E-state index contributed by atoms with van der Waals surface area (Å²) >= 11 is 0. The predicted molar refractivity (Wildman–Crippen MR) is 107 cm³/mol. The molecule has 0 spiro atoms. The van der Waals surface area contributed by atoms with Crippen LogP contribution >= 0.6 is 0 Å². The van der Waals surface area contributed by atoms with Crippen LogP contribution in [0.5, 0.6) is 0 Å². The van der Waals surface area contributed by atoms with Crippen molar-refractivity contribution in [3.05, 3.63) is 82.2 Å². The van der Waals surface area contributed by atoms with Crippen LogP contribution in [-0.4, -0.2) is 51.8 Å². The predicted octanol–water partition coefficient (Wildman–Crippen LogP) is 1.60. The molecule has 0 N–H and O–H groups in total. The average molecular weight is 404 g/mol. The number of aromatic nitrogens is 3. The Morgan fingerprint density at radius 2 is 1.77 bits per heavy atom. The third-order valence-electron chi connectivity index (χ3n) is 4.86. The van der Waals surface area contributed by atoms with Crippen LogP contribution in [0.15, 0.2) is 59.5 Å². The molecule has 2 aromatic heterocycles. The summed E-state index contributed by atoms with van der Waals surface area (Å²) in [5, 5.41) is 13.2. The van der Waals surface area contributed by atoms with E-state index in [1.165, 1.54) is 36.4 Å². The molecular weight excluding hydrogens is 387 g/mol. The van der Waals surface area contributed by atoms with E-state index in [2.05, 4.69) is 16.2 Å². The second-order valence-electron chi connectivity index (χ2n) is 6.74.